The summed E-state index contributed by atoms with van der Waals surface area (Å²) < 4.78 is 14.3. The normalized spacial score (nSPS) is 18.8. The minimum atomic E-state index is -0.171. The molecule has 6 nitrogen and oxygen atoms in total. The van der Waals surface area contributed by atoms with Crippen LogP contribution in [0.4, 0.5) is 20.7 Å². The number of pyridine rings is 1. The molecule has 3 aromatic rings. The average molecular weight is 462 g/mol. The maximum absolute atomic E-state index is 14.3. The van der Waals surface area contributed by atoms with Crippen LogP contribution in [0.3, 0.4) is 0 Å². The van der Waals surface area contributed by atoms with Gasteiger partial charge in [-0.3, -0.25) is 0 Å². The lowest BCUT2D eigenvalue weighted by Gasteiger charge is -2.34. The Bertz CT molecular complexity index is 1190. The van der Waals surface area contributed by atoms with Crippen LogP contribution in [-0.2, 0) is 6.42 Å². The first-order valence-electron chi connectivity index (χ1n) is 12.2. The van der Waals surface area contributed by atoms with E-state index in [1.807, 2.05) is 36.4 Å². The standard InChI is InChI=1S/C27H32FN5O/c1-17(2)33-14-12-20(13-15-33)29-27(34)30-21-8-10-23-19(16-21)7-11-25(31-23)32-24-9-6-18-4-3-5-22(28)26(18)24/h3-5,7-8,10-11,16-17,20,24H,6,9,12-15H2,1-2H3,(H,31,32)(H2,29,30,34). The summed E-state index contributed by atoms with van der Waals surface area (Å²) in [6.45, 7) is 6.45. The van der Waals surface area contributed by atoms with Crippen LogP contribution in [0.1, 0.15) is 50.3 Å². The number of aryl methyl sites for hydroxylation is 1. The van der Waals surface area contributed by atoms with E-state index >= 15 is 0 Å². The Morgan fingerprint density at radius 3 is 2.71 bits per heavy atom. The summed E-state index contributed by atoms with van der Waals surface area (Å²) in [7, 11) is 0. The molecule has 1 aliphatic carbocycles. The molecule has 5 rings (SSSR count). The van der Waals surface area contributed by atoms with Crippen molar-refractivity contribution in [3.05, 3.63) is 65.5 Å². The summed E-state index contributed by atoms with van der Waals surface area (Å²) in [6, 6.07) is 15.4. The number of halogens is 1. The van der Waals surface area contributed by atoms with E-state index in [1.54, 1.807) is 6.07 Å². The van der Waals surface area contributed by atoms with Crippen molar-refractivity contribution in [3.63, 3.8) is 0 Å². The molecule has 2 heterocycles. The van der Waals surface area contributed by atoms with Gasteiger partial charge in [-0.2, -0.15) is 0 Å². The zero-order valence-corrected chi connectivity index (χ0v) is 19.8. The second kappa shape index (κ2) is 9.58. The summed E-state index contributed by atoms with van der Waals surface area (Å²) in [4.78, 5) is 19.7. The number of benzene rings is 2. The number of hydrogen-bond acceptors (Lipinski definition) is 4. The zero-order chi connectivity index (χ0) is 23.7. The predicted molar refractivity (Wildman–Crippen MR) is 135 cm³/mol. The van der Waals surface area contributed by atoms with Gasteiger partial charge in [0.1, 0.15) is 11.6 Å². The van der Waals surface area contributed by atoms with E-state index in [1.165, 1.54) is 6.07 Å². The maximum atomic E-state index is 14.3. The number of anilines is 2. The average Bonchev–Trinajstić information content (AvgIpc) is 3.23. The summed E-state index contributed by atoms with van der Waals surface area (Å²) in [6.07, 6.45) is 3.66. The molecule has 1 fully saturated rings. The quantitative estimate of drug-likeness (QED) is 0.471. The number of fused-ring (bicyclic) bond motifs is 2. The number of nitrogens with zero attached hydrogens (tertiary/aromatic N) is 2. The lowest BCUT2D eigenvalue weighted by Crippen LogP contribution is -2.47. The van der Waals surface area contributed by atoms with Gasteiger partial charge in [0.05, 0.1) is 11.6 Å². The SMILES string of the molecule is CC(C)N1CCC(NC(=O)Nc2ccc3nc(NC4CCc5cccc(F)c54)ccc3c2)CC1. The number of piperidine rings is 1. The van der Waals surface area contributed by atoms with Gasteiger partial charge in [-0.1, -0.05) is 12.1 Å². The van der Waals surface area contributed by atoms with Gasteiger partial charge in [0, 0.05) is 41.8 Å². The second-order valence-electron chi connectivity index (χ2n) is 9.65. The fraction of sp³-hybridized carbons (Fsp3) is 0.407. The van der Waals surface area contributed by atoms with Crippen LogP contribution in [-0.4, -0.2) is 41.1 Å². The minimum absolute atomic E-state index is 0.0711. The molecule has 1 unspecified atom stereocenters. The van der Waals surface area contributed by atoms with E-state index in [0.29, 0.717) is 6.04 Å². The summed E-state index contributed by atoms with van der Waals surface area (Å²) >= 11 is 0. The van der Waals surface area contributed by atoms with E-state index in [-0.39, 0.29) is 23.9 Å². The van der Waals surface area contributed by atoms with Crippen molar-refractivity contribution in [1.82, 2.24) is 15.2 Å². The van der Waals surface area contributed by atoms with E-state index in [4.69, 9.17) is 4.98 Å². The summed E-state index contributed by atoms with van der Waals surface area (Å²) in [5, 5.41) is 10.4. The Hall–Kier alpha value is -3.19. The molecule has 0 saturated carbocycles. The third-order valence-corrected chi connectivity index (χ3v) is 7.06. The Morgan fingerprint density at radius 1 is 1.09 bits per heavy atom. The number of urea groups is 1. The van der Waals surface area contributed by atoms with Crippen molar-refractivity contribution in [2.75, 3.05) is 23.7 Å². The van der Waals surface area contributed by atoms with E-state index < -0.39 is 0 Å². The third-order valence-electron chi connectivity index (χ3n) is 7.06. The van der Waals surface area contributed by atoms with Crippen LogP contribution < -0.4 is 16.0 Å². The molecule has 0 bridgehead atoms. The number of rotatable bonds is 5. The van der Waals surface area contributed by atoms with Gasteiger partial charge in [0.25, 0.3) is 0 Å². The molecular weight excluding hydrogens is 429 g/mol. The molecular formula is C27H32FN5O. The number of hydrogen-bond donors (Lipinski definition) is 3. The minimum Gasteiger partial charge on any atom is -0.363 e. The maximum Gasteiger partial charge on any atom is 0.319 e. The molecule has 2 amide bonds. The summed E-state index contributed by atoms with van der Waals surface area (Å²) in [5.41, 5.74) is 3.38. The number of carbonyl (C=O) groups excluding carboxylic acids is 1. The lowest BCUT2D eigenvalue weighted by molar-refractivity contribution is 0.163. The molecule has 1 saturated heterocycles. The van der Waals surface area contributed by atoms with Crippen molar-refractivity contribution < 1.29 is 9.18 Å². The van der Waals surface area contributed by atoms with E-state index in [2.05, 4.69) is 34.7 Å². The zero-order valence-electron chi connectivity index (χ0n) is 19.8. The number of aromatic nitrogens is 1. The molecule has 3 N–H and O–H groups in total. The molecule has 0 spiro atoms. The van der Waals surface area contributed by atoms with Crippen molar-refractivity contribution in [3.8, 4) is 0 Å². The Balaban J connectivity index is 1.21. The lowest BCUT2D eigenvalue weighted by atomic mass is 10.0. The fourth-order valence-corrected chi connectivity index (χ4v) is 5.15. The first kappa shape index (κ1) is 22.6. The molecule has 2 aromatic carbocycles. The Morgan fingerprint density at radius 2 is 1.91 bits per heavy atom. The van der Waals surface area contributed by atoms with Crippen LogP contribution in [0.25, 0.3) is 10.9 Å². The highest BCUT2D eigenvalue weighted by Gasteiger charge is 2.26. The highest BCUT2D eigenvalue weighted by atomic mass is 19.1. The number of nitrogens with one attached hydrogen (secondary N) is 3. The molecule has 178 valence electrons. The van der Waals surface area contributed by atoms with E-state index in [0.717, 1.165) is 72.3 Å². The molecule has 34 heavy (non-hydrogen) atoms. The van der Waals surface area contributed by atoms with Crippen LogP contribution in [0.5, 0.6) is 0 Å². The molecule has 7 heteroatoms. The fourth-order valence-electron chi connectivity index (χ4n) is 5.15. The largest absolute Gasteiger partial charge is 0.363 e. The predicted octanol–water partition coefficient (Wildman–Crippen LogP) is 5.47. The van der Waals surface area contributed by atoms with Gasteiger partial charge in [0.2, 0.25) is 0 Å². The monoisotopic (exact) mass is 461 g/mol. The van der Waals surface area contributed by atoms with Gasteiger partial charge in [-0.05, 0) is 81.5 Å². The van der Waals surface area contributed by atoms with Crippen LogP contribution in [0.15, 0.2) is 48.5 Å². The van der Waals surface area contributed by atoms with Crippen molar-refractivity contribution >= 4 is 28.4 Å². The first-order chi connectivity index (χ1) is 16.5. The van der Waals surface area contributed by atoms with E-state index in [9.17, 15) is 9.18 Å². The van der Waals surface area contributed by atoms with Gasteiger partial charge in [-0.25, -0.2) is 14.2 Å². The van der Waals surface area contributed by atoms with Crippen LogP contribution >= 0.6 is 0 Å². The third kappa shape index (κ3) is 4.85. The second-order valence-corrected chi connectivity index (χ2v) is 9.65. The Labute approximate surface area is 199 Å². The molecule has 1 aromatic heterocycles. The number of likely N-dealkylation sites (tertiary alicyclic amines) is 1. The van der Waals surface area contributed by atoms with Gasteiger partial charge in [0.15, 0.2) is 0 Å². The number of carbonyl (C=O) groups is 1. The smallest absolute Gasteiger partial charge is 0.319 e. The summed E-state index contributed by atoms with van der Waals surface area (Å²) in [5.74, 6) is 0.563. The highest BCUT2D eigenvalue weighted by molar-refractivity contribution is 5.93. The van der Waals surface area contributed by atoms with Crippen LogP contribution in [0.2, 0.25) is 0 Å². The van der Waals surface area contributed by atoms with Crippen molar-refractivity contribution in [1.29, 1.82) is 0 Å². The molecule has 0 radical (unpaired) electrons. The molecule has 1 atom stereocenters. The van der Waals surface area contributed by atoms with Gasteiger partial charge < -0.3 is 20.9 Å². The van der Waals surface area contributed by atoms with Crippen LogP contribution in [0, 0.1) is 5.82 Å². The molecule has 1 aliphatic heterocycles. The molecule has 2 aliphatic rings. The van der Waals surface area contributed by atoms with Crippen molar-refractivity contribution in [2.45, 2.75) is 57.7 Å². The van der Waals surface area contributed by atoms with Crippen molar-refractivity contribution in [2.24, 2.45) is 0 Å². The highest BCUT2D eigenvalue weighted by Crippen LogP contribution is 2.35. The van der Waals surface area contributed by atoms with Gasteiger partial charge >= 0.3 is 6.03 Å². The Kier molecular flexibility index (Phi) is 6.37. The number of amides is 2. The van der Waals surface area contributed by atoms with Gasteiger partial charge in [-0.15, -0.1) is 0 Å². The first-order valence-corrected chi connectivity index (χ1v) is 12.2. The topological polar surface area (TPSA) is 69.3 Å².